The summed E-state index contributed by atoms with van der Waals surface area (Å²) in [6.07, 6.45) is 0.755. The molecule has 0 saturated heterocycles. The van der Waals surface area contributed by atoms with Crippen molar-refractivity contribution in [2.24, 2.45) is 0 Å². The van der Waals surface area contributed by atoms with Crippen LogP contribution in [0, 0.1) is 11.6 Å². The summed E-state index contributed by atoms with van der Waals surface area (Å²) in [7, 11) is 0. The van der Waals surface area contributed by atoms with Crippen molar-refractivity contribution in [1.82, 2.24) is 5.32 Å². The summed E-state index contributed by atoms with van der Waals surface area (Å²) in [6.45, 7) is 10.9. The van der Waals surface area contributed by atoms with E-state index >= 15 is 0 Å². The Bertz CT molecular complexity index is 405. The fourth-order valence-corrected chi connectivity index (χ4v) is 1.90. The first-order valence-electron chi connectivity index (χ1n) is 6.32. The van der Waals surface area contributed by atoms with Gasteiger partial charge in [0.15, 0.2) is 0 Å². The molecule has 3 heteroatoms. The van der Waals surface area contributed by atoms with Crippen LogP contribution in [0.2, 0.25) is 0 Å². The third-order valence-corrected chi connectivity index (χ3v) is 3.06. The lowest BCUT2D eigenvalue weighted by molar-refractivity contribution is 0.371. The second-order valence-electron chi connectivity index (χ2n) is 6.43. The Morgan fingerprint density at radius 2 is 1.67 bits per heavy atom. The van der Waals surface area contributed by atoms with Crippen LogP contribution in [0.15, 0.2) is 18.2 Å². The zero-order valence-corrected chi connectivity index (χ0v) is 11.9. The first kappa shape index (κ1) is 15.1. The first-order valence-corrected chi connectivity index (χ1v) is 6.32. The van der Waals surface area contributed by atoms with E-state index in [9.17, 15) is 8.78 Å². The SMILES string of the molecule is CC(C)(C)NCCC(C)(C)c1cc(F)ccc1F. The van der Waals surface area contributed by atoms with Crippen LogP contribution in [0.25, 0.3) is 0 Å². The Morgan fingerprint density at radius 1 is 1.06 bits per heavy atom. The molecule has 0 radical (unpaired) electrons. The van der Waals surface area contributed by atoms with Gasteiger partial charge in [0.05, 0.1) is 0 Å². The maximum Gasteiger partial charge on any atom is 0.127 e. The molecule has 1 aromatic rings. The standard InChI is InChI=1S/C15H23F2N/c1-14(2,3)18-9-8-15(4,5)12-10-11(16)6-7-13(12)17/h6-7,10,18H,8-9H2,1-5H3. The van der Waals surface area contributed by atoms with Crippen LogP contribution < -0.4 is 5.32 Å². The lowest BCUT2D eigenvalue weighted by Crippen LogP contribution is -2.38. The van der Waals surface area contributed by atoms with Gasteiger partial charge in [-0.25, -0.2) is 8.78 Å². The Morgan fingerprint density at radius 3 is 2.22 bits per heavy atom. The summed E-state index contributed by atoms with van der Waals surface area (Å²) in [4.78, 5) is 0. The Labute approximate surface area is 109 Å². The molecule has 0 aromatic heterocycles. The molecule has 1 rings (SSSR count). The molecule has 0 atom stereocenters. The molecule has 0 unspecified atom stereocenters. The predicted molar refractivity (Wildman–Crippen MR) is 71.8 cm³/mol. The van der Waals surface area contributed by atoms with Gasteiger partial charge in [0.1, 0.15) is 11.6 Å². The largest absolute Gasteiger partial charge is 0.312 e. The van der Waals surface area contributed by atoms with Crippen molar-refractivity contribution in [1.29, 1.82) is 0 Å². The molecule has 1 N–H and O–H groups in total. The number of nitrogens with one attached hydrogen (secondary N) is 1. The molecule has 0 spiro atoms. The fourth-order valence-electron chi connectivity index (χ4n) is 1.90. The van der Waals surface area contributed by atoms with Gasteiger partial charge in [-0.3, -0.25) is 0 Å². The van der Waals surface area contributed by atoms with E-state index < -0.39 is 0 Å². The van der Waals surface area contributed by atoms with Crippen LogP contribution in [0.3, 0.4) is 0 Å². The highest BCUT2D eigenvalue weighted by Gasteiger charge is 2.25. The van der Waals surface area contributed by atoms with Crippen molar-refractivity contribution in [3.63, 3.8) is 0 Å². The summed E-state index contributed by atoms with van der Waals surface area (Å²) >= 11 is 0. The number of hydrogen-bond donors (Lipinski definition) is 1. The second kappa shape index (κ2) is 5.35. The maximum absolute atomic E-state index is 13.7. The van der Waals surface area contributed by atoms with Crippen LogP contribution in [-0.2, 0) is 5.41 Å². The quantitative estimate of drug-likeness (QED) is 0.856. The molecule has 0 saturated carbocycles. The highest BCUT2D eigenvalue weighted by molar-refractivity contribution is 5.26. The minimum absolute atomic E-state index is 0.0383. The fraction of sp³-hybridized carbons (Fsp3) is 0.600. The van der Waals surface area contributed by atoms with Gasteiger partial charge in [0, 0.05) is 5.54 Å². The number of benzene rings is 1. The zero-order chi connectivity index (χ0) is 14.0. The average Bonchev–Trinajstić information content (AvgIpc) is 2.19. The van der Waals surface area contributed by atoms with Crippen LogP contribution in [0.5, 0.6) is 0 Å². The molecular weight excluding hydrogens is 232 g/mol. The maximum atomic E-state index is 13.7. The predicted octanol–water partition coefficient (Wildman–Crippen LogP) is 4.02. The molecular formula is C15H23F2N. The molecule has 0 aliphatic carbocycles. The van der Waals surface area contributed by atoms with Crippen LogP contribution in [-0.4, -0.2) is 12.1 Å². The smallest absolute Gasteiger partial charge is 0.127 e. The first-order chi connectivity index (χ1) is 8.12. The molecule has 1 nitrogen and oxygen atoms in total. The van der Waals surface area contributed by atoms with Gasteiger partial charge in [0.2, 0.25) is 0 Å². The van der Waals surface area contributed by atoms with E-state index in [0.717, 1.165) is 19.0 Å². The molecule has 0 fully saturated rings. The van der Waals surface area contributed by atoms with Crippen LogP contribution in [0.4, 0.5) is 8.78 Å². The Kier molecular flexibility index (Phi) is 4.49. The van der Waals surface area contributed by atoms with Gasteiger partial charge in [-0.1, -0.05) is 13.8 Å². The lowest BCUT2D eigenvalue weighted by Gasteiger charge is -2.28. The monoisotopic (exact) mass is 255 g/mol. The number of halogens is 2. The van der Waals surface area contributed by atoms with Crippen molar-refractivity contribution < 1.29 is 8.78 Å². The van der Waals surface area contributed by atoms with Crippen molar-refractivity contribution in [2.75, 3.05) is 6.54 Å². The van der Waals surface area contributed by atoms with E-state index in [1.165, 1.54) is 12.1 Å². The normalized spacial score (nSPS) is 12.8. The summed E-state index contributed by atoms with van der Waals surface area (Å²) in [5, 5.41) is 3.37. The van der Waals surface area contributed by atoms with Crippen LogP contribution >= 0.6 is 0 Å². The van der Waals surface area contributed by atoms with Gasteiger partial charge < -0.3 is 5.32 Å². The minimum Gasteiger partial charge on any atom is -0.312 e. The molecule has 0 amide bonds. The highest BCUT2D eigenvalue weighted by Crippen LogP contribution is 2.29. The molecule has 0 bridgehead atoms. The van der Waals surface area contributed by atoms with Crippen LogP contribution in [0.1, 0.15) is 46.6 Å². The summed E-state index contributed by atoms with van der Waals surface area (Å²) in [5.41, 5.74) is 0.0966. The highest BCUT2D eigenvalue weighted by atomic mass is 19.1. The van der Waals surface area contributed by atoms with Crippen molar-refractivity contribution in [2.45, 2.75) is 52.0 Å². The minimum atomic E-state index is -0.386. The molecule has 18 heavy (non-hydrogen) atoms. The van der Waals surface area contributed by atoms with Gasteiger partial charge >= 0.3 is 0 Å². The van der Waals surface area contributed by atoms with Crippen molar-refractivity contribution >= 4 is 0 Å². The van der Waals surface area contributed by atoms with Crippen molar-refractivity contribution in [3.05, 3.63) is 35.4 Å². The molecule has 0 aliphatic rings. The number of hydrogen-bond acceptors (Lipinski definition) is 1. The second-order valence-corrected chi connectivity index (χ2v) is 6.43. The summed E-state index contributed by atoms with van der Waals surface area (Å²) in [6, 6.07) is 3.65. The summed E-state index contributed by atoms with van der Waals surface area (Å²) in [5.74, 6) is -0.722. The Hall–Kier alpha value is -0.960. The van der Waals surface area contributed by atoms with E-state index in [-0.39, 0.29) is 22.6 Å². The Balaban J connectivity index is 2.76. The van der Waals surface area contributed by atoms with Gasteiger partial charge in [0.25, 0.3) is 0 Å². The number of rotatable bonds is 4. The van der Waals surface area contributed by atoms with Gasteiger partial charge in [-0.05, 0) is 62.9 Å². The van der Waals surface area contributed by atoms with Gasteiger partial charge in [-0.15, -0.1) is 0 Å². The molecule has 0 heterocycles. The third kappa shape index (κ3) is 4.37. The topological polar surface area (TPSA) is 12.0 Å². The van der Waals surface area contributed by atoms with E-state index in [1.54, 1.807) is 0 Å². The van der Waals surface area contributed by atoms with E-state index in [0.29, 0.717) is 5.56 Å². The van der Waals surface area contributed by atoms with E-state index in [1.807, 2.05) is 13.8 Å². The van der Waals surface area contributed by atoms with Gasteiger partial charge in [-0.2, -0.15) is 0 Å². The molecule has 102 valence electrons. The van der Waals surface area contributed by atoms with E-state index in [2.05, 4.69) is 26.1 Å². The molecule has 1 aromatic carbocycles. The third-order valence-electron chi connectivity index (χ3n) is 3.06. The van der Waals surface area contributed by atoms with Crippen molar-refractivity contribution in [3.8, 4) is 0 Å². The summed E-state index contributed by atoms with van der Waals surface area (Å²) < 4.78 is 26.9. The lowest BCUT2D eigenvalue weighted by atomic mass is 9.81. The average molecular weight is 255 g/mol. The van der Waals surface area contributed by atoms with E-state index in [4.69, 9.17) is 0 Å². The molecule has 0 aliphatic heterocycles. The zero-order valence-electron chi connectivity index (χ0n) is 11.9.